The molecule has 0 aromatic heterocycles. The zero-order valence-electron chi connectivity index (χ0n) is 31.9. The molecule has 0 saturated heterocycles. The van der Waals surface area contributed by atoms with Crippen molar-refractivity contribution < 1.29 is 21.9 Å². The molecule has 0 heterocycles. The zero-order chi connectivity index (χ0) is 32.7. The van der Waals surface area contributed by atoms with Crippen LogP contribution in [0.3, 0.4) is 0 Å². The van der Waals surface area contributed by atoms with E-state index in [9.17, 15) is 0 Å². The molecule has 3 nitrogen and oxygen atoms in total. The average molecular weight is 670 g/mol. The maximum atomic E-state index is 6.29. The quantitative estimate of drug-likeness (QED) is 0.0483. The Bertz CT molecular complexity index is 596. The number of hydrogen-bond acceptors (Lipinski definition) is 3. The van der Waals surface area contributed by atoms with Crippen LogP contribution < -0.4 is 12.4 Å². The Morgan fingerprint density at radius 1 is 0.457 bits per heavy atom. The average Bonchev–Trinajstić information content (AvgIpc) is 3.05. The van der Waals surface area contributed by atoms with E-state index >= 15 is 0 Å². The van der Waals surface area contributed by atoms with Crippen molar-refractivity contribution in [1.29, 1.82) is 0 Å². The number of halogens is 1. The standard InChI is InChI=1S/C42H83NO2.ClH/c1-5-8-10-12-14-16-18-20-22-24-26-28-30-32-34-36-38-44-41-42(40-43(4)7-3)45-39-37-35-33-31-29-27-25-23-21-19-17-15-13-11-9-6-2;/h20-23,42H,5-19,24-41H2,1-4H3;1H/p-1/b22-20+,23-21-;. The van der Waals surface area contributed by atoms with Gasteiger partial charge in [-0.2, -0.15) is 0 Å². The van der Waals surface area contributed by atoms with Gasteiger partial charge in [-0.05, 0) is 77.8 Å². The molecule has 0 saturated carbocycles. The molecular formula is C42H83ClNO2-. The summed E-state index contributed by atoms with van der Waals surface area (Å²) < 4.78 is 12.4. The van der Waals surface area contributed by atoms with E-state index in [1.54, 1.807) is 0 Å². The van der Waals surface area contributed by atoms with Crippen LogP contribution in [-0.2, 0) is 9.47 Å². The van der Waals surface area contributed by atoms with Crippen molar-refractivity contribution in [3.8, 4) is 0 Å². The van der Waals surface area contributed by atoms with E-state index in [0.717, 1.165) is 32.9 Å². The van der Waals surface area contributed by atoms with Crippen molar-refractivity contribution >= 4 is 0 Å². The predicted molar refractivity (Wildman–Crippen MR) is 203 cm³/mol. The molecule has 1 unspecified atom stereocenters. The highest BCUT2D eigenvalue weighted by atomic mass is 35.5. The van der Waals surface area contributed by atoms with Gasteiger partial charge in [-0.15, -0.1) is 0 Å². The minimum Gasteiger partial charge on any atom is -1.00 e. The van der Waals surface area contributed by atoms with Crippen LogP contribution in [0.4, 0.5) is 0 Å². The summed E-state index contributed by atoms with van der Waals surface area (Å²) in [7, 11) is 2.19. The van der Waals surface area contributed by atoms with E-state index in [-0.39, 0.29) is 18.5 Å². The maximum absolute atomic E-state index is 6.29. The second-order valence-electron chi connectivity index (χ2n) is 13.8. The van der Waals surface area contributed by atoms with E-state index in [0.29, 0.717) is 0 Å². The second kappa shape index (κ2) is 42.7. The highest BCUT2D eigenvalue weighted by Gasteiger charge is 2.12. The molecule has 0 rings (SSSR count). The Labute approximate surface area is 296 Å². The maximum Gasteiger partial charge on any atom is 0.0934 e. The summed E-state index contributed by atoms with van der Waals surface area (Å²) >= 11 is 0. The Kier molecular flexibility index (Phi) is 44.3. The third-order valence-corrected chi connectivity index (χ3v) is 9.17. The minimum atomic E-state index is 0. The largest absolute Gasteiger partial charge is 1.00 e. The highest BCUT2D eigenvalue weighted by molar-refractivity contribution is 4.82. The van der Waals surface area contributed by atoms with Gasteiger partial charge in [0.05, 0.1) is 12.7 Å². The summed E-state index contributed by atoms with van der Waals surface area (Å²) in [5, 5.41) is 0. The summed E-state index contributed by atoms with van der Waals surface area (Å²) in [6.45, 7) is 11.3. The van der Waals surface area contributed by atoms with Crippen LogP contribution in [0.5, 0.6) is 0 Å². The Morgan fingerprint density at radius 2 is 0.804 bits per heavy atom. The predicted octanol–water partition coefficient (Wildman–Crippen LogP) is 10.4. The van der Waals surface area contributed by atoms with Gasteiger partial charge in [0.25, 0.3) is 0 Å². The van der Waals surface area contributed by atoms with Crippen LogP contribution >= 0.6 is 0 Å². The van der Waals surface area contributed by atoms with E-state index in [1.807, 2.05) is 0 Å². The van der Waals surface area contributed by atoms with Gasteiger partial charge >= 0.3 is 0 Å². The van der Waals surface area contributed by atoms with Crippen molar-refractivity contribution in [2.24, 2.45) is 0 Å². The zero-order valence-corrected chi connectivity index (χ0v) is 32.6. The second-order valence-corrected chi connectivity index (χ2v) is 13.8. The number of hydrogen-bond donors (Lipinski definition) is 0. The normalized spacial score (nSPS) is 12.5. The van der Waals surface area contributed by atoms with Gasteiger partial charge in [0, 0.05) is 19.8 Å². The molecule has 0 fully saturated rings. The Balaban J connectivity index is 0. The van der Waals surface area contributed by atoms with Gasteiger partial charge in [-0.25, -0.2) is 0 Å². The first kappa shape index (κ1) is 47.8. The van der Waals surface area contributed by atoms with Crippen molar-refractivity contribution in [3.05, 3.63) is 24.3 Å². The summed E-state index contributed by atoms with van der Waals surface area (Å²) in [6, 6.07) is 0. The number of ether oxygens (including phenoxy) is 2. The molecule has 46 heavy (non-hydrogen) atoms. The van der Waals surface area contributed by atoms with Crippen molar-refractivity contribution in [3.63, 3.8) is 0 Å². The smallest absolute Gasteiger partial charge is 0.0934 e. The summed E-state index contributed by atoms with van der Waals surface area (Å²) in [4.78, 5) is 2.35. The van der Waals surface area contributed by atoms with Crippen LogP contribution in [0.1, 0.15) is 201 Å². The van der Waals surface area contributed by atoms with Crippen LogP contribution in [-0.4, -0.2) is 51.0 Å². The van der Waals surface area contributed by atoms with E-state index in [1.165, 1.54) is 180 Å². The molecular weight excluding hydrogens is 586 g/mol. The first-order valence-electron chi connectivity index (χ1n) is 20.4. The molecule has 0 radical (unpaired) electrons. The van der Waals surface area contributed by atoms with Crippen molar-refractivity contribution in [2.45, 2.75) is 207 Å². The fourth-order valence-electron chi connectivity index (χ4n) is 5.90. The highest BCUT2D eigenvalue weighted by Crippen LogP contribution is 2.12. The fourth-order valence-corrected chi connectivity index (χ4v) is 5.90. The first-order chi connectivity index (χ1) is 22.2. The van der Waals surface area contributed by atoms with Crippen LogP contribution in [0.15, 0.2) is 24.3 Å². The lowest BCUT2D eigenvalue weighted by Gasteiger charge is -2.23. The molecule has 1 atom stereocenters. The lowest BCUT2D eigenvalue weighted by molar-refractivity contribution is -0.0308. The molecule has 0 aromatic carbocycles. The Morgan fingerprint density at radius 3 is 1.20 bits per heavy atom. The summed E-state index contributed by atoms with van der Waals surface area (Å²) in [6.07, 6.45) is 47.6. The van der Waals surface area contributed by atoms with Gasteiger partial charge in [0.1, 0.15) is 0 Å². The first-order valence-corrected chi connectivity index (χ1v) is 20.4. The molecule has 276 valence electrons. The van der Waals surface area contributed by atoms with Crippen molar-refractivity contribution in [1.82, 2.24) is 4.90 Å². The third-order valence-electron chi connectivity index (χ3n) is 9.17. The van der Waals surface area contributed by atoms with E-state index in [2.05, 4.69) is 57.0 Å². The van der Waals surface area contributed by atoms with Crippen molar-refractivity contribution in [2.75, 3.05) is 40.0 Å². The number of rotatable bonds is 38. The lowest BCUT2D eigenvalue weighted by atomic mass is 10.1. The lowest BCUT2D eigenvalue weighted by Crippen LogP contribution is -3.00. The molecule has 0 aliphatic carbocycles. The van der Waals surface area contributed by atoms with Gasteiger partial charge in [-0.3, -0.25) is 0 Å². The number of nitrogens with zero attached hydrogens (tertiary/aromatic N) is 1. The number of allylic oxidation sites excluding steroid dienone is 4. The molecule has 0 aliphatic rings. The fraction of sp³-hybridized carbons (Fsp3) is 0.905. The van der Waals surface area contributed by atoms with Gasteiger partial charge < -0.3 is 26.8 Å². The molecule has 0 aromatic rings. The summed E-state index contributed by atoms with van der Waals surface area (Å²) in [5.41, 5.74) is 0. The summed E-state index contributed by atoms with van der Waals surface area (Å²) in [5.74, 6) is 0. The molecule has 0 spiro atoms. The molecule has 0 N–H and O–H groups in total. The van der Waals surface area contributed by atoms with Gasteiger partial charge in [0.15, 0.2) is 0 Å². The number of unbranched alkanes of at least 4 members (excludes halogenated alkanes) is 24. The van der Waals surface area contributed by atoms with Crippen LogP contribution in [0.25, 0.3) is 0 Å². The van der Waals surface area contributed by atoms with E-state index < -0.39 is 0 Å². The third kappa shape index (κ3) is 39.8. The van der Waals surface area contributed by atoms with Crippen LogP contribution in [0.2, 0.25) is 0 Å². The molecule has 0 amide bonds. The van der Waals surface area contributed by atoms with E-state index in [4.69, 9.17) is 9.47 Å². The molecule has 0 aliphatic heterocycles. The van der Waals surface area contributed by atoms with Crippen LogP contribution in [0, 0.1) is 0 Å². The monoisotopic (exact) mass is 669 g/mol. The molecule has 0 bridgehead atoms. The Hall–Kier alpha value is -0.350. The topological polar surface area (TPSA) is 21.7 Å². The minimum absolute atomic E-state index is 0. The van der Waals surface area contributed by atoms with Gasteiger partial charge in [0.2, 0.25) is 0 Å². The SMILES string of the molecule is CCCCCCCC/C=C\CCCCCCCCOC(COCCCCCCCC/C=C/CCCCCCCC)CN(C)CC.[Cl-]. The van der Waals surface area contributed by atoms with Gasteiger partial charge in [-0.1, -0.05) is 161 Å². The molecule has 4 heteroatoms. The number of likely N-dealkylation sites (N-methyl/N-ethyl adjacent to an activating group) is 1.